The Balaban J connectivity index is 2.01. The molecule has 0 aliphatic rings. The lowest BCUT2D eigenvalue weighted by Crippen LogP contribution is -2.15. The van der Waals surface area contributed by atoms with Crippen LogP contribution in [0.25, 0.3) is 0 Å². The summed E-state index contributed by atoms with van der Waals surface area (Å²) in [6.07, 6.45) is 1.81. The molecule has 0 atom stereocenters. The number of nitrogens with one attached hydrogen (secondary N) is 1. The zero-order valence-electron chi connectivity index (χ0n) is 11.2. The second-order valence-electron chi connectivity index (χ2n) is 4.64. The highest BCUT2D eigenvalue weighted by Crippen LogP contribution is 2.17. The zero-order chi connectivity index (χ0) is 13.0. The van der Waals surface area contributed by atoms with Gasteiger partial charge in [-0.15, -0.1) is 0 Å². The van der Waals surface area contributed by atoms with Crippen molar-refractivity contribution in [1.82, 2.24) is 5.32 Å². The van der Waals surface area contributed by atoms with Gasteiger partial charge < -0.3 is 14.6 Å². The first kappa shape index (κ1) is 12.7. The predicted molar refractivity (Wildman–Crippen MR) is 74.8 cm³/mol. The largest absolute Gasteiger partial charge is 0.467 e. The van der Waals surface area contributed by atoms with Gasteiger partial charge in [0.25, 0.3) is 0 Å². The van der Waals surface area contributed by atoms with E-state index >= 15 is 0 Å². The van der Waals surface area contributed by atoms with E-state index in [9.17, 15) is 0 Å². The Morgan fingerprint density at radius 1 is 1.22 bits per heavy atom. The van der Waals surface area contributed by atoms with Gasteiger partial charge in [0.1, 0.15) is 5.76 Å². The van der Waals surface area contributed by atoms with Crippen molar-refractivity contribution in [2.75, 3.05) is 19.0 Å². The Morgan fingerprint density at radius 3 is 2.61 bits per heavy atom. The Labute approximate surface area is 108 Å². The number of hydrogen-bond donors (Lipinski definition) is 1. The van der Waals surface area contributed by atoms with E-state index in [1.165, 1.54) is 16.8 Å². The van der Waals surface area contributed by atoms with Gasteiger partial charge >= 0.3 is 0 Å². The zero-order valence-corrected chi connectivity index (χ0v) is 11.2. The van der Waals surface area contributed by atoms with E-state index in [-0.39, 0.29) is 0 Å². The summed E-state index contributed by atoms with van der Waals surface area (Å²) in [6.45, 7) is 3.73. The van der Waals surface area contributed by atoms with Crippen LogP contribution >= 0.6 is 0 Å². The molecule has 2 rings (SSSR count). The maximum absolute atomic E-state index is 5.55. The Kier molecular flexibility index (Phi) is 4.05. The van der Waals surface area contributed by atoms with E-state index in [4.69, 9.17) is 4.42 Å². The van der Waals surface area contributed by atoms with E-state index in [2.05, 4.69) is 54.5 Å². The van der Waals surface area contributed by atoms with E-state index in [1.54, 1.807) is 0 Å². The van der Waals surface area contributed by atoms with Crippen LogP contribution in [0.3, 0.4) is 0 Å². The van der Waals surface area contributed by atoms with Gasteiger partial charge in [-0.2, -0.15) is 0 Å². The number of rotatable bonds is 5. The van der Waals surface area contributed by atoms with Crippen LogP contribution in [0.4, 0.5) is 5.69 Å². The summed E-state index contributed by atoms with van der Waals surface area (Å²) in [7, 11) is 4.01. The Bertz CT molecular complexity index is 487. The molecule has 0 saturated heterocycles. The van der Waals surface area contributed by atoms with Crippen LogP contribution in [0.2, 0.25) is 0 Å². The van der Waals surface area contributed by atoms with Crippen LogP contribution in [-0.2, 0) is 13.1 Å². The minimum Gasteiger partial charge on any atom is -0.467 e. The highest BCUT2D eigenvalue weighted by molar-refractivity contribution is 5.46. The summed E-state index contributed by atoms with van der Waals surface area (Å²) < 4.78 is 5.55. The van der Waals surface area contributed by atoms with Gasteiger partial charge in [0.05, 0.1) is 12.8 Å². The summed E-state index contributed by atoms with van der Waals surface area (Å²) in [5, 5.41) is 3.11. The lowest BCUT2D eigenvalue weighted by atomic mass is 10.2. The predicted octanol–water partition coefficient (Wildman–Crippen LogP) is 2.94. The molecule has 0 radical (unpaired) electrons. The molecule has 0 amide bonds. The first-order chi connectivity index (χ1) is 8.69. The summed E-state index contributed by atoms with van der Waals surface area (Å²) in [4.78, 5) is 2.18. The molecule has 0 unspecified atom stereocenters. The fourth-order valence-corrected chi connectivity index (χ4v) is 1.93. The molecule has 96 valence electrons. The van der Waals surface area contributed by atoms with Crippen molar-refractivity contribution >= 4 is 5.69 Å². The van der Waals surface area contributed by atoms with Crippen LogP contribution in [0.1, 0.15) is 16.9 Å². The standard InChI is InChI=1S/C15H20N2O/c1-12-4-6-14(7-5-12)17(3)10-15-8-13(9-16-2)11-18-15/h4-8,11,16H,9-10H2,1-3H3. The third kappa shape index (κ3) is 3.14. The highest BCUT2D eigenvalue weighted by Gasteiger charge is 2.06. The van der Waals surface area contributed by atoms with Gasteiger partial charge in [-0.3, -0.25) is 0 Å². The van der Waals surface area contributed by atoms with Crippen molar-refractivity contribution in [2.24, 2.45) is 0 Å². The number of benzene rings is 1. The Morgan fingerprint density at radius 2 is 1.94 bits per heavy atom. The van der Waals surface area contributed by atoms with E-state index in [0.29, 0.717) is 0 Å². The topological polar surface area (TPSA) is 28.4 Å². The molecule has 0 aliphatic heterocycles. The highest BCUT2D eigenvalue weighted by atomic mass is 16.3. The van der Waals surface area contributed by atoms with Gasteiger partial charge in [-0.25, -0.2) is 0 Å². The van der Waals surface area contributed by atoms with E-state index in [0.717, 1.165) is 18.8 Å². The van der Waals surface area contributed by atoms with Gasteiger partial charge in [0, 0.05) is 24.8 Å². The fraction of sp³-hybridized carbons (Fsp3) is 0.333. The first-order valence-electron chi connectivity index (χ1n) is 6.17. The molecule has 1 aromatic heterocycles. The molecule has 1 N–H and O–H groups in total. The number of nitrogens with zero attached hydrogens (tertiary/aromatic N) is 1. The van der Waals surface area contributed by atoms with Crippen LogP contribution in [-0.4, -0.2) is 14.1 Å². The summed E-state index contributed by atoms with van der Waals surface area (Å²) in [5.41, 5.74) is 3.67. The molecule has 1 heterocycles. The van der Waals surface area contributed by atoms with Crippen molar-refractivity contribution in [2.45, 2.75) is 20.0 Å². The minimum atomic E-state index is 0.784. The van der Waals surface area contributed by atoms with Gasteiger partial charge in [0.2, 0.25) is 0 Å². The van der Waals surface area contributed by atoms with Gasteiger partial charge in [-0.1, -0.05) is 17.7 Å². The van der Waals surface area contributed by atoms with Crippen molar-refractivity contribution in [1.29, 1.82) is 0 Å². The lowest BCUT2D eigenvalue weighted by Gasteiger charge is -2.17. The van der Waals surface area contributed by atoms with Crippen LogP contribution in [0.5, 0.6) is 0 Å². The quantitative estimate of drug-likeness (QED) is 0.876. The molecule has 2 aromatic rings. The average molecular weight is 244 g/mol. The van der Waals surface area contributed by atoms with E-state index < -0.39 is 0 Å². The SMILES string of the molecule is CNCc1coc(CN(C)c2ccc(C)cc2)c1. The molecular weight excluding hydrogens is 224 g/mol. The van der Waals surface area contributed by atoms with Gasteiger partial charge in [0.15, 0.2) is 0 Å². The molecule has 0 bridgehead atoms. The fourth-order valence-electron chi connectivity index (χ4n) is 1.93. The molecule has 0 saturated carbocycles. The normalized spacial score (nSPS) is 10.6. The molecule has 0 aliphatic carbocycles. The van der Waals surface area contributed by atoms with Crippen LogP contribution in [0, 0.1) is 6.92 Å². The summed E-state index contributed by atoms with van der Waals surface area (Å²) in [5.74, 6) is 0.989. The van der Waals surface area contributed by atoms with Crippen molar-refractivity contribution in [3.05, 3.63) is 53.5 Å². The minimum absolute atomic E-state index is 0.784. The van der Waals surface area contributed by atoms with Crippen LogP contribution in [0.15, 0.2) is 41.0 Å². The number of hydrogen-bond acceptors (Lipinski definition) is 3. The number of anilines is 1. The Hall–Kier alpha value is -1.74. The molecule has 3 nitrogen and oxygen atoms in total. The second kappa shape index (κ2) is 5.74. The molecule has 0 spiro atoms. The van der Waals surface area contributed by atoms with Crippen LogP contribution < -0.4 is 10.2 Å². The monoisotopic (exact) mass is 244 g/mol. The third-order valence-corrected chi connectivity index (χ3v) is 2.96. The summed E-state index contributed by atoms with van der Waals surface area (Å²) in [6, 6.07) is 10.6. The smallest absolute Gasteiger partial charge is 0.123 e. The maximum atomic E-state index is 5.55. The van der Waals surface area contributed by atoms with Crippen molar-refractivity contribution in [3.63, 3.8) is 0 Å². The van der Waals surface area contributed by atoms with Gasteiger partial charge in [-0.05, 0) is 32.2 Å². The summed E-state index contributed by atoms with van der Waals surface area (Å²) >= 11 is 0. The van der Waals surface area contributed by atoms with Crippen molar-refractivity contribution < 1.29 is 4.42 Å². The number of aryl methyl sites for hydroxylation is 1. The first-order valence-corrected chi connectivity index (χ1v) is 6.17. The van der Waals surface area contributed by atoms with E-state index in [1.807, 2.05) is 13.3 Å². The second-order valence-corrected chi connectivity index (χ2v) is 4.64. The third-order valence-electron chi connectivity index (χ3n) is 2.96. The molecule has 1 aromatic carbocycles. The maximum Gasteiger partial charge on any atom is 0.123 e. The van der Waals surface area contributed by atoms with Crippen molar-refractivity contribution in [3.8, 4) is 0 Å². The lowest BCUT2D eigenvalue weighted by molar-refractivity contribution is 0.505. The molecule has 0 fully saturated rings. The molecule has 18 heavy (non-hydrogen) atoms. The molecular formula is C15H20N2O. The average Bonchev–Trinajstić information content (AvgIpc) is 2.78. The molecule has 3 heteroatoms. The number of furan rings is 1.